The lowest BCUT2D eigenvalue weighted by molar-refractivity contribution is -0.122. The molecule has 2 aromatic rings. The summed E-state index contributed by atoms with van der Waals surface area (Å²) >= 11 is 0. The van der Waals surface area contributed by atoms with Gasteiger partial charge in [0.05, 0.1) is 11.7 Å². The molecule has 1 amide bonds. The first-order valence-electron chi connectivity index (χ1n) is 7.34. The van der Waals surface area contributed by atoms with E-state index in [4.69, 9.17) is 0 Å². The van der Waals surface area contributed by atoms with E-state index in [2.05, 4.69) is 21.7 Å². The molecular formula is C17H19N3O. The summed E-state index contributed by atoms with van der Waals surface area (Å²) in [5.41, 5.74) is 3.11. The summed E-state index contributed by atoms with van der Waals surface area (Å²) in [4.78, 5) is 16.3. The van der Waals surface area contributed by atoms with E-state index in [0.717, 1.165) is 36.2 Å². The maximum atomic E-state index is 12.0. The average molecular weight is 281 g/mol. The summed E-state index contributed by atoms with van der Waals surface area (Å²) in [6, 6.07) is 14.0. The standard InChI is InChI=1S/C17H19N3O/c21-17(16-8-4-10-19-16)20-12-13-5-3-6-14(11-13)15-7-1-2-9-18-15/h1-3,5-7,9,11,16,19H,4,8,10,12H2,(H,20,21)/t16-/m1/s1. The summed E-state index contributed by atoms with van der Waals surface area (Å²) in [7, 11) is 0. The Morgan fingerprint density at radius 3 is 3.00 bits per heavy atom. The molecule has 1 saturated heterocycles. The largest absolute Gasteiger partial charge is 0.351 e. The molecule has 4 heteroatoms. The SMILES string of the molecule is O=C(NCc1cccc(-c2ccccn2)c1)[C@H]1CCCN1. The zero-order chi connectivity index (χ0) is 14.5. The van der Waals surface area contributed by atoms with Gasteiger partial charge in [-0.25, -0.2) is 0 Å². The number of pyridine rings is 1. The van der Waals surface area contributed by atoms with E-state index in [1.165, 1.54) is 0 Å². The number of carbonyl (C=O) groups is 1. The van der Waals surface area contributed by atoms with Crippen LogP contribution in [-0.2, 0) is 11.3 Å². The monoisotopic (exact) mass is 281 g/mol. The third-order valence-electron chi connectivity index (χ3n) is 3.73. The van der Waals surface area contributed by atoms with Crippen molar-refractivity contribution < 1.29 is 4.79 Å². The van der Waals surface area contributed by atoms with Gasteiger partial charge in [-0.3, -0.25) is 9.78 Å². The number of aromatic nitrogens is 1. The molecule has 1 fully saturated rings. The molecule has 0 spiro atoms. The lowest BCUT2D eigenvalue weighted by atomic mass is 10.1. The number of amides is 1. The molecule has 2 heterocycles. The zero-order valence-electron chi connectivity index (χ0n) is 11.9. The van der Waals surface area contributed by atoms with Gasteiger partial charge in [0, 0.05) is 18.3 Å². The predicted molar refractivity (Wildman–Crippen MR) is 82.5 cm³/mol. The first-order chi connectivity index (χ1) is 10.3. The fourth-order valence-electron chi connectivity index (χ4n) is 2.59. The molecular weight excluding hydrogens is 262 g/mol. The first-order valence-corrected chi connectivity index (χ1v) is 7.34. The molecule has 1 atom stereocenters. The Hall–Kier alpha value is -2.20. The lowest BCUT2D eigenvalue weighted by Crippen LogP contribution is -2.39. The van der Waals surface area contributed by atoms with Crippen molar-refractivity contribution in [2.24, 2.45) is 0 Å². The van der Waals surface area contributed by atoms with E-state index in [1.807, 2.05) is 36.4 Å². The molecule has 1 aliphatic heterocycles. The Kier molecular flexibility index (Phi) is 4.26. The predicted octanol–water partition coefficient (Wildman–Crippen LogP) is 2.12. The van der Waals surface area contributed by atoms with Gasteiger partial charge in [-0.05, 0) is 43.1 Å². The highest BCUT2D eigenvalue weighted by Gasteiger charge is 2.21. The van der Waals surface area contributed by atoms with Crippen LogP contribution in [0.5, 0.6) is 0 Å². The molecule has 1 aromatic heterocycles. The van der Waals surface area contributed by atoms with E-state index in [1.54, 1.807) is 6.20 Å². The van der Waals surface area contributed by atoms with Crippen LogP contribution in [0.15, 0.2) is 48.7 Å². The summed E-state index contributed by atoms with van der Waals surface area (Å²) in [5, 5.41) is 6.21. The molecule has 4 nitrogen and oxygen atoms in total. The van der Waals surface area contributed by atoms with E-state index >= 15 is 0 Å². The summed E-state index contributed by atoms with van der Waals surface area (Å²) in [6.45, 7) is 1.49. The van der Waals surface area contributed by atoms with Gasteiger partial charge in [0.2, 0.25) is 5.91 Å². The summed E-state index contributed by atoms with van der Waals surface area (Å²) in [6.07, 6.45) is 3.79. The Labute approximate surface area is 124 Å². The van der Waals surface area contributed by atoms with Crippen LogP contribution >= 0.6 is 0 Å². The first kappa shape index (κ1) is 13.8. The Morgan fingerprint density at radius 1 is 1.29 bits per heavy atom. The fourth-order valence-corrected chi connectivity index (χ4v) is 2.59. The third-order valence-corrected chi connectivity index (χ3v) is 3.73. The normalized spacial score (nSPS) is 17.6. The van der Waals surface area contributed by atoms with Crippen LogP contribution in [0.3, 0.4) is 0 Å². The summed E-state index contributed by atoms with van der Waals surface area (Å²) in [5.74, 6) is 0.0933. The van der Waals surface area contributed by atoms with Crippen LogP contribution in [-0.4, -0.2) is 23.5 Å². The number of rotatable bonds is 4. The van der Waals surface area contributed by atoms with Crippen molar-refractivity contribution in [3.63, 3.8) is 0 Å². The number of hydrogen-bond acceptors (Lipinski definition) is 3. The van der Waals surface area contributed by atoms with Crippen LogP contribution in [0.2, 0.25) is 0 Å². The quantitative estimate of drug-likeness (QED) is 0.902. The third kappa shape index (κ3) is 3.47. The van der Waals surface area contributed by atoms with Crippen molar-refractivity contribution in [1.82, 2.24) is 15.6 Å². The summed E-state index contributed by atoms with van der Waals surface area (Å²) < 4.78 is 0. The zero-order valence-corrected chi connectivity index (χ0v) is 11.9. The van der Waals surface area contributed by atoms with Gasteiger partial charge in [0.15, 0.2) is 0 Å². The van der Waals surface area contributed by atoms with Crippen LogP contribution in [0.1, 0.15) is 18.4 Å². The minimum absolute atomic E-state index is 0.0241. The second-order valence-electron chi connectivity index (χ2n) is 5.28. The minimum Gasteiger partial charge on any atom is -0.351 e. The second kappa shape index (κ2) is 6.50. The number of nitrogens with zero attached hydrogens (tertiary/aromatic N) is 1. The molecule has 0 saturated carbocycles. The molecule has 0 radical (unpaired) electrons. The van der Waals surface area contributed by atoms with Gasteiger partial charge in [-0.1, -0.05) is 24.3 Å². The van der Waals surface area contributed by atoms with Crippen molar-refractivity contribution >= 4 is 5.91 Å². The fraction of sp³-hybridized carbons (Fsp3) is 0.294. The minimum atomic E-state index is -0.0241. The molecule has 1 aliphatic rings. The van der Waals surface area contributed by atoms with Crippen LogP contribution in [0, 0.1) is 0 Å². The Bertz CT molecular complexity index is 606. The molecule has 21 heavy (non-hydrogen) atoms. The van der Waals surface area contributed by atoms with E-state index < -0.39 is 0 Å². The van der Waals surface area contributed by atoms with Crippen molar-refractivity contribution in [3.8, 4) is 11.3 Å². The van der Waals surface area contributed by atoms with E-state index in [0.29, 0.717) is 6.54 Å². The molecule has 3 rings (SSSR count). The molecule has 1 aromatic carbocycles. The molecule has 0 unspecified atom stereocenters. The van der Waals surface area contributed by atoms with Gasteiger partial charge in [0.25, 0.3) is 0 Å². The topological polar surface area (TPSA) is 54.0 Å². The highest BCUT2D eigenvalue weighted by Crippen LogP contribution is 2.17. The highest BCUT2D eigenvalue weighted by molar-refractivity contribution is 5.82. The van der Waals surface area contributed by atoms with Gasteiger partial charge in [-0.2, -0.15) is 0 Å². The second-order valence-corrected chi connectivity index (χ2v) is 5.28. The van der Waals surface area contributed by atoms with Gasteiger partial charge < -0.3 is 10.6 Å². The maximum absolute atomic E-state index is 12.0. The Balaban J connectivity index is 1.65. The van der Waals surface area contributed by atoms with Crippen molar-refractivity contribution in [3.05, 3.63) is 54.2 Å². The van der Waals surface area contributed by atoms with Crippen molar-refractivity contribution in [2.75, 3.05) is 6.54 Å². The highest BCUT2D eigenvalue weighted by atomic mass is 16.2. The van der Waals surface area contributed by atoms with Crippen molar-refractivity contribution in [1.29, 1.82) is 0 Å². The smallest absolute Gasteiger partial charge is 0.237 e. The number of nitrogens with one attached hydrogen (secondary N) is 2. The number of benzene rings is 1. The van der Waals surface area contributed by atoms with Gasteiger partial charge in [0.1, 0.15) is 0 Å². The van der Waals surface area contributed by atoms with Gasteiger partial charge >= 0.3 is 0 Å². The average Bonchev–Trinajstić information content (AvgIpc) is 3.08. The van der Waals surface area contributed by atoms with Crippen LogP contribution in [0.4, 0.5) is 0 Å². The number of hydrogen-bond donors (Lipinski definition) is 2. The lowest BCUT2D eigenvalue weighted by Gasteiger charge is -2.11. The molecule has 108 valence electrons. The van der Waals surface area contributed by atoms with Crippen LogP contribution < -0.4 is 10.6 Å². The Morgan fingerprint density at radius 2 is 2.24 bits per heavy atom. The number of carbonyl (C=O) groups excluding carboxylic acids is 1. The van der Waals surface area contributed by atoms with E-state index in [9.17, 15) is 4.79 Å². The maximum Gasteiger partial charge on any atom is 0.237 e. The molecule has 0 aliphatic carbocycles. The van der Waals surface area contributed by atoms with Crippen LogP contribution in [0.25, 0.3) is 11.3 Å². The molecule has 0 bridgehead atoms. The van der Waals surface area contributed by atoms with E-state index in [-0.39, 0.29) is 11.9 Å². The van der Waals surface area contributed by atoms with Gasteiger partial charge in [-0.15, -0.1) is 0 Å². The van der Waals surface area contributed by atoms with Crippen molar-refractivity contribution in [2.45, 2.75) is 25.4 Å². The molecule has 2 N–H and O–H groups in total.